The molecule has 0 bridgehead atoms. The first kappa shape index (κ1) is 14.3. The fraction of sp³-hybridized carbons (Fsp3) is 0.312. The van der Waals surface area contributed by atoms with E-state index in [2.05, 4.69) is 17.2 Å². The number of methoxy groups -OCH3 is 1. The summed E-state index contributed by atoms with van der Waals surface area (Å²) in [5.74, 6) is 1.56. The fourth-order valence-electron chi connectivity index (χ4n) is 1.92. The van der Waals surface area contributed by atoms with Crippen molar-refractivity contribution in [2.24, 2.45) is 0 Å². The second-order valence-electron chi connectivity index (χ2n) is 4.37. The molecule has 0 unspecified atom stereocenters. The Hall–Kier alpha value is -2.07. The largest absolute Gasteiger partial charge is 0.493 e. The molecular formula is C16H20N2O2. The minimum Gasteiger partial charge on any atom is -0.493 e. The quantitative estimate of drug-likeness (QED) is 0.841. The first-order valence-corrected chi connectivity index (χ1v) is 6.73. The molecule has 0 atom stereocenters. The van der Waals surface area contributed by atoms with Gasteiger partial charge in [-0.3, -0.25) is 4.98 Å². The molecule has 0 amide bonds. The van der Waals surface area contributed by atoms with Gasteiger partial charge in [0.25, 0.3) is 0 Å². The van der Waals surface area contributed by atoms with E-state index in [0.717, 1.165) is 35.7 Å². The smallest absolute Gasteiger partial charge is 0.166 e. The van der Waals surface area contributed by atoms with Crippen LogP contribution in [-0.4, -0.2) is 18.6 Å². The summed E-state index contributed by atoms with van der Waals surface area (Å²) in [6, 6.07) is 9.83. The van der Waals surface area contributed by atoms with E-state index < -0.39 is 0 Å². The number of nitrogens with zero attached hydrogens (tertiary/aromatic N) is 1. The highest BCUT2D eigenvalue weighted by Crippen LogP contribution is 2.31. The van der Waals surface area contributed by atoms with E-state index in [1.165, 1.54) is 0 Å². The average Bonchev–Trinajstić information content (AvgIpc) is 2.52. The molecule has 1 aromatic carbocycles. The Bertz CT molecular complexity index is 529. The molecule has 0 radical (unpaired) electrons. The summed E-state index contributed by atoms with van der Waals surface area (Å²) in [5.41, 5.74) is 2.18. The third kappa shape index (κ3) is 3.71. The van der Waals surface area contributed by atoms with E-state index in [-0.39, 0.29) is 0 Å². The van der Waals surface area contributed by atoms with E-state index in [0.29, 0.717) is 6.61 Å². The van der Waals surface area contributed by atoms with Crippen LogP contribution in [0.4, 0.5) is 0 Å². The Labute approximate surface area is 119 Å². The van der Waals surface area contributed by atoms with Gasteiger partial charge in [-0.2, -0.15) is 0 Å². The van der Waals surface area contributed by atoms with Crippen LogP contribution in [0.3, 0.4) is 0 Å². The number of nitrogens with one attached hydrogen (secondary N) is 1. The molecule has 1 N–H and O–H groups in total. The lowest BCUT2D eigenvalue weighted by Gasteiger charge is -2.15. The lowest BCUT2D eigenvalue weighted by Crippen LogP contribution is -2.13. The Kier molecular flexibility index (Phi) is 5.38. The minimum atomic E-state index is 0.502. The molecule has 2 rings (SSSR count). The molecular weight excluding hydrogens is 252 g/mol. The first-order chi connectivity index (χ1) is 9.85. The zero-order valence-corrected chi connectivity index (χ0v) is 11.9. The second-order valence-corrected chi connectivity index (χ2v) is 4.37. The molecule has 0 aliphatic rings. The minimum absolute atomic E-state index is 0.502. The number of aromatic nitrogens is 1. The summed E-state index contributed by atoms with van der Waals surface area (Å²) in [6.45, 7) is 4.26. The zero-order chi connectivity index (χ0) is 14.2. The Morgan fingerprint density at radius 2 is 1.95 bits per heavy atom. The predicted octanol–water partition coefficient (Wildman–Crippen LogP) is 2.78. The van der Waals surface area contributed by atoms with Gasteiger partial charge in [0, 0.05) is 24.5 Å². The number of hydrogen-bond donors (Lipinski definition) is 1. The second kappa shape index (κ2) is 7.50. The van der Waals surface area contributed by atoms with Gasteiger partial charge in [-0.05, 0) is 30.3 Å². The molecule has 1 aromatic heterocycles. The summed E-state index contributed by atoms with van der Waals surface area (Å²) in [4.78, 5) is 4.00. The standard InChI is InChI=1S/C16H20N2O2/c1-3-17-11-14-5-4-6-15(19-2)16(14)20-12-13-7-9-18-10-8-13/h4-10,17H,3,11-12H2,1-2H3. The summed E-state index contributed by atoms with van der Waals surface area (Å²) in [5, 5.41) is 3.31. The van der Waals surface area contributed by atoms with E-state index in [9.17, 15) is 0 Å². The normalized spacial score (nSPS) is 10.3. The van der Waals surface area contributed by atoms with Crippen molar-refractivity contribution in [3.8, 4) is 11.5 Å². The van der Waals surface area contributed by atoms with Crippen LogP contribution >= 0.6 is 0 Å². The summed E-state index contributed by atoms with van der Waals surface area (Å²) < 4.78 is 11.3. The van der Waals surface area contributed by atoms with Crippen molar-refractivity contribution in [2.75, 3.05) is 13.7 Å². The maximum absolute atomic E-state index is 5.95. The van der Waals surface area contributed by atoms with Crippen molar-refractivity contribution in [2.45, 2.75) is 20.1 Å². The topological polar surface area (TPSA) is 43.4 Å². The van der Waals surface area contributed by atoms with Crippen LogP contribution in [0.5, 0.6) is 11.5 Å². The van der Waals surface area contributed by atoms with Gasteiger partial charge < -0.3 is 14.8 Å². The third-order valence-corrected chi connectivity index (χ3v) is 2.98. The van der Waals surface area contributed by atoms with Crippen molar-refractivity contribution in [1.82, 2.24) is 10.3 Å². The number of ether oxygens (including phenoxy) is 2. The molecule has 106 valence electrons. The highest BCUT2D eigenvalue weighted by molar-refractivity contribution is 5.46. The van der Waals surface area contributed by atoms with E-state index in [1.54, 1.807) is 19.5 Å². The van der Waals surface area contributed by atoms with Crippen molar-refractivity contribution in [3.63, 3.8) is 0 Å². The average molecular weight is 272 g/mol. The van der Waals surface area contributed by atoms with Crippen LogP contribution in [0.25, 0.3) is 0 Å². The van der Waals surface area contributed by atoms with Crippen molar-refractivity contribution < 1.29 is 9.47 Å². The van der Waals surface area contributed by atoms with Gasteiger partial charge in [0.05, 0.1) is 7.11 Å². The molecule has 20 heavy (non-hydrogen) atoms. The molecule has 1 heterocycles. The van der Waals surface area contributed by atoms with Gasteiger partial charge in [-0.1, -0.05) is 19.1 Å². The zero-order valence-electron chi connectivity index (χ0n) is 11.9. The van der Waals surface area contributed by atoms with Gasteiger partial charge in [0.1, 0.15) is 6.61 Å². The Morgan fingerprint density at radius 3 is 2.65 bits per heavy atom. The molecule has 2 aromatic rings. The molecule has 0 saturated heterocycles. The van der Waals surface area contributed by atoms with Crippen LogP contribution in [0.2, 0.25) is 0 Å². The van der Waals surface area contributed by atoms with Crippen LogP contribution < -0.4 is 14.8 Å². The van der Waals surface area contributed by atoms with Crippen molar-refractivity contribution in [1.29, 1.82) is 0 Å². The summed E-state index contributed by atoms with van der Waals surface area (Å²) >= 11 is 0. The van der Waals surface area contributed by atoms with Gasteiger partial charge in [0.15, 0.2) is 11.5 Å². The van der Waals surface area contributed by atoms with Crippen LogP contribution in [0.1, 0.15) is 18.1 Å². The highest BCUT2D eigenvalue weighted by Gasteiger charge is 2.10. The number of rotatable bonds is 7. The highest BCUT2D eigenvalue weighted by atomic mass is 16.5. The monoisotopic (exact) mass is 272 g/mol. The number of hydrogen-bond acceptors (Lipinski definition) is 4. The molecule has 0 spiro atoms. The van der Waals surface area contributed by atoms with Crippen molar-refractivity contribution >= 4 is 0 Å². The van der Waals surface area contributed by atoms with Gasteiger partial charge in [-0.15, -0.1) is 0 Å². The summed E-state index contributed by atoms with van der Waals surface area (Å²) in [6.07, 6.45) is 3.53. The third-order valence-electron chi connectivity index (χ3n) is 2.98. The van der Waals surface area contributed by atoms with Crippen LogP contribution in [0.15, 0.2) is 42.7 Å². The Morgan fingerprint density at radius 1 is 1.15 bits per heavy atom. The van der Waals surface area contributed by atoms with Gasteiger partial charge in [-0.25, -0.2) is 0 Å². The molecule has 4 nitrogen and oxygen atoms in total. The predicted molar refractivity (Wildman–Crippen MR) is 78.9 cm³/mol. The van der Waals surface area contributed by atoms with Gasteiger partial charge in [0.2, 0.25) is 0 Å². The molecule has 0 aliphatic heterocycles. The first-order valence-electron chi connectivity index (χ1n) is 6.73. The molecule has 0 aliphatic carbocycles. The van der Waals surface area contributed by atoms with E-state index in [1.807, 2.05) is 30.3 Å². The van der Waals surface area contributed by atoms with Crippen molar-refractivity contribution in [3.05, 3.63) is 53.9 Å². The van der Waals surface area contributed by atoms with Crippen LogP contribution in [-0.2, 0) is 13.2 Å². The molecule has 0 saturated carbocycles. The number of benzene rings is 1. The van der Waals surface area contributed by atoms with Crippen LogP contribution in [0, 0.1) is 0 Å². The maximum Gasteiger partial charge on any atom is 0.166 e. The molecule has 0 fully saturated rings. The van der Waals surface area contributed by atoms with E-state index >= 15 is 0 Å². The number of pyridine rings is 1. The maximum atomic E-state index is 5.95. The van der Waals surface area contributed by atoms with E-state index in [4.69, 9.17) is 9.47 Å². The lowest BCUT2D eigenvalue weighted by molar-refractivity contribution is 0.280. The van der Waals surface area contributed by atoms with Gasteiger partial charge >= 0.3 is 0 Å². The summed E-state index contributed by atoms with van der Waals surface area (Å²) in [7, 11) is 1.66. The molecule has 4 heteroatoms. The Balaban J connectivity index is 2.15. The SMILES string of the molecule is CCNCc1cccc(OC)c1OCc1ccncc1. The number of para-hydroxylation sites is 1. The fourth-order valence-corrected chi connectivity index (χ4v) is 1.92. The lowest BCUT2D eigenvalue weighted by atomic mass is 10.2.